The Morgan fingerprint density at radius 1 is 1.86 bits per heavy atom. The van der Waals surface area contributed by atoms with Gasteiger partial charge in [-0.2, -0.15) is 0 Å². The highest BCUT2D eigenvalue weighted by Gasteiger charge is 1.89. The summed E-state index contributed by atoms with van der Waals surface area (Å²) < 4.78 is 0.574. The largest absolute Gasteiger partial charge is 0.624 e. The van der Waals surface area contributed by atoms with Crippen molar-refractivity contribution in [3.63, 3.8) is 0 Å². The summed E-state index contributed by atoms with van der Waals surface area (Å²) in [4.78, 5) is 0. The number of hydrogen-bond donors (Lipinski definition) is 1. The minimum absolute atomic E-state index is 0.574. The van der Waals surface area contributed by atoms with Crippen molar-refractivity contribution in [2.24, 2.45) is 0 Å². The highest BCUT2D eigenvalue weighted by molar-refractivity contribution is 5.56. The molecule has 0 heterocycles. The Kier molecular flexibility index (Phi) is 2.37. The molecule has 0 aliphatic rings. The molecule has 0 aromatic heterocycles. The number of nitrogens with zero attached hydrogens (tertiary/aromatic N) is 1. The van der Waals surface area contributed by atoms with E-state index in [0.717, 1.165) is 0 Å². The minimum atomic E-state index is -0.637. The molecule has 1 unspecified atom stereocenters. The molecule has 0 amide bonds. The Balaban J connectivity index is 3.45. The molecule has 0 fully saturated rings. The zero-order chi connectivity index (χ0) is 5.86. The molecular weight excluding hydrogens is 94.0 g/mol. The Morgan fingerprint density at radius 2 is 2.29 bits per heavy atom. The molecule has 1 atom stereocenters. The lowest BCUT2D eigenvalue weighted by atomic mass is 10.5. The van der Waals surface area contributed by atoms with Gasteiger partial charge >= 0.3 is 0 Å². The topological polar surface area (TPSA) is 46.3 Å². The van der Waals surface area contributed by atoms with Gasteiger partial charge in [0, 0.05) is 0 Å². The van der Waals surface area contributed by atoms with Crippen LogP contribution in [0.2, 0.25) is 0 Å². The molecule has 0 spiro atoms. The first kappa shape index (κ1) is 6.43. The summed E-state index contributed by atoms with van der Waals surface area (Å²) in [6.07, 6.45) is 0.530. The van der Waals surface area contributed by atoms with E-state index in [-0.39, 0.29) is 0 Å². The van der Waals surface area contributed by atoms with Gasteiger partial charge in [0.15, 0.2) is 6.21 Å². The molecule has 0 aromatic rings. The van der Waals surface area contributed by atoms with Crippen molar-refractivity contribution in [3.05, 3.63) is 5.21 Å². The molecule has 1 N–H and O–H groups in total. The average Bonchev–Trinajstić information content (AvgIpc) is 1.27. The van der Waals surface area contributed by atoms with Crippen LogP contribution in [0, 0.1) is 5.21 Å². The first-order chi connectivity index (χ1) is 3.13. The lowest BCUT2D eigenvalue weighted by molar-refractivity contribution is -0.420. The fraction of sp³-hybridized carbons (Fsp3) is 0.750. The van der Waals surface area contributed by atoms with Crippen molar-refractivity contribution in [3.8, 4) is 0 Å². The maximum atomic E-state index is 9.96. The van der Waals surface area contributed by atoms with Gasteiger partial charge in [-0.15, -0.1) is 0 Å². The first-order valence-electron chi connectivity index (χ1n) is 2.06. The van der Waals surface area contributed by atoms with Crippen LogP contribution in [0.4, 0.5) is 0 Å². The summed E-state index contributed by atoms with van der Waals surface area (Å²) >= 11 is 0. The summed E-state index contributed by atoms with van der Waals surface area (Å²) in [5.74, 6) is 0. The van der Waals surface area contributed by atoms with Gasteiger partial charge < -0.3 is 10.3 Å². The number of hydrogen-bond acceptors (Lipinski definition) is 2. The molecule has 0 bridgehead atoms. The van der Waals surface area contributed by atoms with E-state index in [1.807, 2.05) is 0 Å². The minimum Gasteiger partial charge on any atom is -0.624 e. The van der Waals surface area contributed by atoms with Crippen LogP contribution in [-0.4, -0.2) is 29.2 Å². The molecule has 0 aliphatic heterocycles. The molecule has 3 heteroatoms. The lowest BCUT2D eigenvalue weighted by Gasteiger charge is -1.94. The van der Waals surface area contributed by atoms with Crippen molar-refractivity contribution in [2.45, 2.75) is 13.0 Å². The molecule has 0 rings (SSSR count). The molecule has 7 heavy (non-hydrogen) atoms. The zero-order valence-electron chi connectivity index (χ0n) is 4.46. The number of aliphatic hydroxyl groups is 1. The summed E-state index contributed by atoms with van der Waals surface area (Å²) in [5, 5.41) is 18.4. The fourth-order valence-corrected chi connectivity index (χ4v) is 0.304. The maximum Gasteiger partial charge on any atom is 0.179 e. The second kappa shape index (κ2) is 2.58. The second-order valence-corrected chi connectivity index (χ2v) is 1.44. The monoisotopic (exact) mass is 103 g/mol. The molecule has 0 aromatic carbocycles. The van der Waals surface area contributed by atoms with Crippen molar-refractivity contribution in [1.29, 1.82) is 0 Å². The number of rotatable bonds is 1. The van der Waals surface area contributed by atoms with E-state index in [1.54, 1.807) is 0 Å². The van der Waals surface area contributed by atoms with E-state index < -0.39 is 6.10 Å². The molecule has 42 valence electrons. The van der Waals surface area contributed by atoms with Gasteiger partial charge in [-0.25, -0.2) is 4.74 Å². The molecule has 0 saturated carbocycles. The molecule has 0 radical (unpaired) electrons. The first-order valence-corrected chi connectivity index (χ1v) is 2.06. The average molecular weight is 103 g/mol. The van der Waals surface area contributed by atoms with Crippen LogP contribution < -0.4 is 0 Å². The van der Waals surface area contributed by atoms with Gasteiger partial charge in [-0.05, 0) is 6.92 Å². The molecule has 0 saturated heterocycles. The van der Waals surface area contributed by atoms with E-state index in [4.69, 9.17) is 5.11 Å². The van der Waals surface area contributed by atoms with Gasteiger partial charge in [0.1, 0.15) is 13.2 Å². The third kappa shape index (κ3) is 5.43. The van der Waals surface area contributed by atoms with Crippen LogP contribution in [0.15, 0.2) is 0 Å². The third-order valence-corrected chi connectivity index (χ3v) is 0.426. The molecule has 3 nitrogen and oxygen atoms in total. The van der Waals surface area contributed by atoms with Crippen molar-refractivity contribution in [1.82, 2.24) is 0 Å². The van der Waals surface area contributed by atoms with E-state index in [1.165, 1.54) is 20.2 Å². The van der Waals surface area contributed by atoms with Crippen LogP contribution in [0.1, 0.15) is 6.92 Å². The fourth-order valence-electron chi connectivity index (χ4n) is 0.304. The van der Waals surface area contributed by atoms with Crippen molar-refractivity contribution in [2.75, 3.05) is 7.05 Å². The van der Waals surface area contributed by atoms with Crippen LogP contribution in [0.25, 0.3) is 0 Å². The Bertz CT molecular complexity index is 73.8. The van der Waals surface area contributed by atoms with Gasteiger partial charge in [-0.1, -0.05) is 0 Å². The van der Waals surface area contributed by atoms with Gasteiger partial charge in [0.25, 0.3) is 0 Å². The van der Waals surface area contributed by atoms with Crippen molar-refractivity contribution < 1.29 is 9.85 Å². The number of aliphatic hydroxyl groups excluding tert-OH is 1. The van der Waals surface area contributed by atoms with Crippen LogP contribution >= 0.6 is 0 Å². The Hall–Kier alpha value is -0.570. The van der Waals surface area contributed by atoms with Crippen LogP contribution in [0.5, 0.6) is 0 Å². The standard InChI is InChI=1S/C4H9NO2/c1-4(6)3-5(2)7/h3-4,6H,1-2H3. The van der Waals surface area contributed by atoms with E-state index >= 15 is 0 Å². The predicted octanol–water partition coefficient (Wildman–Crippen LogP) is -0.422. The van der Waals surface area contributed by atoms with Gasteiger partial charge in [0.2, 0.25) is 0 Å². The second-order valence-electron chi connectivity index (χ2n) is 1.44. The van der Waals surface area contributed by atoms with E-state index in [2.05, 4.69) is 0 Å². The Labute approximate surface area is 42.5 Å². The highest BCUT2D eigenvalue weighted by atomic mass is 16.5. The molecule has 0 aliphatic carbocycles. The summed E-state index contributed by atoms with van der Waals surface area (Å²) in [5.41, 5.74) is 0. The zero-order valence-corrected chi connectivity index (χ0v) is 4.46. The number of hydroxylamine groups is 1. The molecular formula is C4H9NO2. The lowest BCUT2D eigenvalue weighted by Crippen LogP contribution is -2.09. The van der Waals surface area contributed by atoms with Crippen LogP contribution in [-0.2, 0) is 0 Å². The van der Waals surface area contributed by atoms with Crippen LogP contribution in [0.3, 0.4) is 0 Å². The Morgan fingerprint density at radius 3 is 2.29 bits per heavy atom. The summed E-state index contributed by atoms with van der Waals surface area (Å²) in [7, 11) is 1.33. The predicted molar refractivity (Wildman–Crippen MR) is 27.3 cm³/mol. The van der Waals surface area contributed by atoms with Crippen molar-refractivity contribution >= 4 is 6.21 Å². The highest BCUT2D eigenvalue weighted by Crippen LogP contribution is 1.68. The quantitative estimate of drug-likeness (QED) is 0.212. The normalized spacial score (nSPS) is 16.7. The third-order valence-electron chi connectivity index (χ3n) is 0.426. The SMILES string of the molecule is CC(O)C=[N+](C)[O-]. The van der Waals surface area contributed by atoms with E-state index in [9.17, 15) is 5.21 Å². The van der Waals surface area contributed by atoms with Gasteiger partial charge in [0.05, 0.1) is 0 Å². The summed E-state index contributed by atoms with van der Waals surface area (Å²) in [6.45, 7) is 1.52. The summed E-state index contributed by atoms with van der Waals surface area (Å²) in [6, 6.07) is 0. The smallest absolute Gasteiger partial charge is 0.179 e. The van der Waals surface area contributed by atoms with Gasteiger partial charge in [-0.3, -0.25) is 0 Å². The maximum absolute atomic E-state index is 9.96. The van der Waals surface area contributed by atoms with E-state index in [0.29, 0.717) is 4.74 Å².